The maximum Gasteiger partial charge on any atom is 0.326 e. The van der Waals surface area contributed by atoms with Crippen LogP contribution in [0.4, 0.5) is 0 Å². The van der Waals surface area contributed by atoms with Crippen molar-refractivity contribution in [3.8, 4) is 0 Å². The summed E-state index contributed by atoms with van der Waals surface area (Å²) in [6, 6.07) is 5.38. The third-order valence-electron chi connectivity index (χ3n) is 3.55. The Labute approximate surface area is 141 Å². The van der Waals surface area contributed by atoms with Gasteiger partial charge in [0.05, 0.1) is 10.6 Å². The molecule has 24 heavy (non-hydrogen) atoms. The maximum absolute atomic E-state index is 11.9. The van der Waals surface area contributed by atoms with Gasteiger partial charge in [0.25, 0.3) is 0 Å². The number of sulfone groups is 1. The Morgan fingerprint density at radius 2 is 1.88 bits per heavy atom. The third-order valence-corrected chi connectivity index (χ3v) is 5.30. The molecule has 1 amide bonds. The second-order valence-electron chi connectivity index (χ2n) is 5.29. The second kappa shape index (κ2) is 9.39. The summed E-state index contributed by atoms with van der Waals surface area (Å²) >= 11 is 0. The van der Waals surface area contributed by atoms with Crippen molar-refractivity contribution in [1.29, 1.82) is 0 Å². The molecule has 1 atom stereocenters. The van der Waals surface area contributed by atoms with Crippen molar-refractivity contribution in [2.24, 2.45) is 0 Å². The van der Waals surface area contributed by atoms with Gasteiger partial charge in [-0.2, -0.15) is 0 Å². The topological polar surface area (TPSA) is 110 Å². The number of carbonyl (C=O) groups is 2. The van der Waals surface area contributed by atoms with Gasteiger partial charge in [-0.25, -0.2) is 13.2 Å². The molecule has 0 fully saturated rings. The number of nitrogens with one attached hydrogen (secondary N) is 1. The molecule has 1 aromatic rings. The van der Waals surface area contributed by atoms with Crippen molar-refractivity contribution in [3.05, 3.63) is 29.8 Å². The Balaban J connectivity index is 2.56. The van der Waals surface area contributed by atoms with Crippen molar-refractivity contribution in [1.82, 2.24) is 5.32 Å². The van der Waals surface area contributed by atoms with Gasteiger partial charge >= 0.3 is 5.97 Å². The summed E-state index contributed by atoms with van der Waals surface area (Å²) < 4.78 is 28.3. The lowest BCUT2D eigenvalue weighted by Gasteiger charge is -2.14. The number of ether oxygens (including phenoxy) is 1. The number of hydrogen-bond donors (Lipinski definition) is 2. The van der Waals surface area contributed by atoms with Crippen molar-refractivity contribution in [2.45, 2.75) is 37.1 Å². The van der Waals surface area contributed by atoms with Crippen LogP contribution in [0.5, 0.6) is 0 Å². The standard InChI is InChI=1S/C16H23NO6S/c1-3-24(21,22)13-7-4-12(5-8-13)6-9-15(18)17-14(16(19)20)10-11-23-2/h4-5,7-8,14H,3,6,9-11H2,1-2H3,(H,17,18)(H,19,20). The second-order valence-corrected chi connectivity index (χ2v) is 7.57. The van der Waals surface area contributed by atoms with E-state index in [-0.39, 0.29) is 36.0 Å². The summed E-state index contributed by atoms with van der Waals surface area (Å²) in [7, 11) is -1.78. The Morgan fingerprint density at radius 3 is 2.38 bits per heavy atom. The molecule has 2 N–H and O–H groups in total. The zero-order valence-electron chi connectivity index (χ0n) is 13.8. The van der Waals surface area contributed by atoms with Gasteiger partial charge in [0.2, 0.25) is 5.91 Å². The molecular weight excluding hydrogens is 334 g/mol. The fourth-order valence-electron chi connectivity index (χ4n) is 2.05. The molecule has 0 heterocycles. The monoisotopic (exact) mass is 357 g/mol. The van der Waals surface area contributed by atoms with Gasteiger partial charge in [-0.05, 0) is 24.1 Å². The molecule has 0 saturated carbocycles. The highest BCUT2D eigenvalue weighted by Crippen LogP contribution is 2.13. The van der Waals surface area contributed by atoms with Gasteiger partial charge < -0.3 is 15.2 Å². The molecule has 0 aromatic heterocycles. The molecule has 0 aliphatic heterocycles. The lowest BCUT2D eigenvalue weighted by Crippen LogP contribution is -2.41. The first-order chi connectivity index (χ1) is 11.3. The lowest BCUT2D eigenvalue weighted by molar-refractivity contribution is -0.142. The highest BCUT2D eigenvalue weighted by atomic mass is 32.2. The van der Waals surface area contributed by atoms with E-state index in [0.29, 0.717) is 6.42 Å². The quantitative estimate of drug-likeness (QED) is 0.647. The minimum absolute atomic E-state index is 0.0345. The summed E-state index contributed by atoms with van der Waals surface area (Å²) in [6.07, 6.45) is 0.715. The first-order valence-electron chi connectivity index (χ1n) is 7.63. The lowest BCUT2D eigenvalue weighted by atomic mass is 10.1. The first kappa shape index (κ1) is 20.1. The molecule has 134 valence electrons. The number of rotatable bonds is 10. The molecule has 0 aliphatic rings. The van der Waals surface area contributed by atoms with E-state index in [2.05, 4.69) is 5.32 Å². The van der Waals surface area contributed by atoms with Gasteiger partial charge in [0, 0.05) is 26.6 Å². The molecule has 0 spiro atoms. The fraction of sp³-hybridized carbons (Fsp3) is 0.500. The van der Waals surface area contributed by atoms with E-state index in [4.69, 9.17) is 9.84 Å². The van der Waals surface area contributed by atoms with Crippen molar-refractivity contribution in [3.63, 3.8) is 0 Å². The van der Waals surface area contributed by atoms with Crippen LogP contribution in [0.25, 0.3) is 0 Å². The van der Waals surface area contributed by atoms with E-state index in [0.717, 1.165) is 5.56 Å². The number of amides is 1. The minimum Gasteiger partial charge on any atom is -0.480 e. The van der Waals surface area contributed by atoms with E-state index < -0.39 is 21.8 Å². The van der Waals surface area contributed by atoms with Crippen LogP contribution in [-0.4, -0.2) is 50.9 Å². The molecule has 0 aliphatic carbocycles. The van der Waals surface area contributed by atoms with Crippen molar-refractivity contribution >= 4 is 21.7 Å². The van der Waals surface area contributed by atoms with E-state index in [1.54, 1.807) is 19.1 Å². The maximum atomic E-state index is 11.9. The summed E-state index contributed by atoms with van der Waals surface area (Å²) in [6.45, 7) is 1.82. The average molecular weight is 357 g/mol. The molecular formula is C16H23NO6S. The molecule has 1 aromatic carbocycles. The van der Waals surface area contributed by atoms with E-state index in [1.807, 2.05) is 0 Å². The smallest absolute Gasteiger partial charge is 0.326 e. The zero-order chi connectivity index (χ0) is 18.2. The van der Waals surface area contributed by atoms with Crippen LogP contribution < -0.4 is 5.32 Å². The van der Waals surface area contributed by atoms with Crippen LogP contribution in [0.2, 0.25) is 0 Å². The van der Waals surface area contributed by atoms with E-state index >= 15 is 0 Å². The van der Waals surface area contributed by atoms with Gasteiger partial charge in [-0.3, -0.25) is 4.79 Å². The average Bonchev–Trinajstić information content (AvgIpc) is 2.56. The van der Waals surface area contributed by atoms with Gasteiger partial charge in [0.15, 0.2) is 9.84 Å². The largest absolute Gasteiger partial charge is 0.480 e. The number of aryl methyl sites for hydroxylation is 1. The predicted molar refractivity (Wildman–Crippen MR) is 88.5 cm³/mol. The molecule has 7 nitrogen and oxygen atoms in total. The van der Waals surface area contributed by atoms with E-state index in [9.17, 15) is 18.0 Å². The Hall–Kier alpha value is -1.93. The van der Waals surface area contributed by atoms with Crippen LogP contribution in [0.15, 0.2) is 29.2 Å². The van der Waals surface area contributed by atoms with E-state index in [1.165, 1.54) is 19.2 Å². The number of benzene rings is 1. The van der Waals surface area contributed by atoms with Gasteiger partial charge in [0.1, 0.15) is 6.04 Å². The number of carbonyl (C=O) groups excluding carboxylic acids is 1. The first-order valence-corrected chi connectivity index (χ1v) is 9.28. The summed E-state index contributed by atoms with van der Waals surface area (Å²) in [5, 5.41) is 11.5. The Bertz CT molecular complexity index is 654. The molecule has 1 rings (SSSR count). The third kappa shape index (κ3) is 6.29. The number of carboxylic acid groups (broad SMARTS) is 1. The van der Waals surface area contributed by atoms with Crippen LogP contribution in [0.3, 0.4) is 0 Å². The fourth-order valence-corrected chi connectivity index (χ4v) is 2.93. The number of hydrogen-bond acceptors (Lipinski definition) is 5. The highest BCUT2D eigenvalue weighted by Gasteiger charge is 2.19. The van der Waals surface area contributed by atoms with Crippen LogP contribution in [-0.2, 0) is 30.6 Å². The van der Waals surface area contributed by atoms with Crippen LogP contribution >= 0.6 is 0 Å². The van der Waals surface area contributed by atoms with Crippen molar-refractivity contribution in [2.75, 3.05) is 19.5 Å². The summed E-state index contributed by atoms with van der Waals surface area (Å²) in [5.74, 6) is -1.44. The molecule has 0 bridgehead atoms. The summed E-state index contributed by atoms with van der Waals surface area (Å²) in [4.78, 5) is 23.2. The molecule has 8 heteroatoms. The molecule has 1 unspecified atom stereocenters. The van der Waals surface area contributed by atoms with Crippen LogP contribution in [0, 0.1) is 0 Å². The normalized spacial score (nSPS) is 12.6. The number of aliphatic carboxylic acids is 1. The predicted octanol–water partition coefficient (Wildman–Crippen LogP) is 1.02. The Morgan fingerprint density at radius 1 is 1.25 bits per heavy atom. The molecule has 0 radical (unpaired) electrons. The minimum atomic E-state index is -3.24. The highest BCUT2D eigenvalue weighted by molar-refractivity contribution is 7.91. The van der Waals surface area contributed by atoms with Gasteiger partial charge in [-0.15, -0.1) is 0 Å². The van der Waals surface area contributed by atoms with Crippen molar-refractivity contribution < 1.29 is 27.9 Å². The Kier molecular flexibility index (Phi) is 7.87. The number of methoxy groups -OCH3 is 1. The van der Waals surface area contributed by atoms with Crippen LogP contribution in [0.1, 0.15) is 25.3 Å². The van der Waals surface area contributed by atoms with Gasteiger partial charge in [-0.1, -0.05) is 19.1 Å². The molecule has 0 saturated heterocycles. The summed E-state index contributed by atoms with van der Waals surface area (Å²) in [5.41, 5.74) is 0.809. The number of carboxylic acids is 1. The SMILES string of the molecule is CCS(=O)(=O)c1ccc(CCC(=O)NC(CCOC)C(=O)O)cc1. The zero-order valence-corrected chi connectivity index (χ0v) is 14.6.